The zero-order valence-electron chi connectivity index (χ0n) is 19.9. The number of carbonyl (C=O) groups excluding carboxylic acids is 2. The zero-order valence-corrected chi connectivity index (χ0v) is 19.9. The van der Waals surface area contributed by atoms with Crippen molar-refractivity contribution in [2.45, 2.75) is 25.4 Å². The molecular formula is C26H29N5O4. The van der Waals surface area contributed by atoms with E-state index in [0.29, 0.717) is 11.3 Å². The zero-order chi connectivity index (χ0) is 24.6. The molecule has 1 aromatic heterocycles. The number of benzene rings is 2. The van der Waals surface area contributed by atoms with Gasteiger partial charge >= 0.3 is 0 Å². The molecule has 1 saturated heterocycles. The molecule has 1 aliphatic heterocycles. The third-order valence-corrected chi connectivity index (χ3v) is 6.01. The van der Waals surface area contributed by atoms with E-state index in [1.54, 1.807) is 38.5 Å². The van der Waals surface area contributed by atoms with Crippen LogP contribution in [0, 0.1) is 0 Å². The molecule has 0 saturated carbocycles. The standard InChI is InChI=1S/C26H29N5O4/c1-34-21-9-7-18(8-10-21)25(32)30-24-23(27-13-14-28-24)26(33)29-20-11-15-31(16-12-20)17-19-5-3-4-6-22(19)35-2/h3-10,13-14,20H,11-12,15-17H2,1-2H3,(H,29,33)(H,28,30,32). The third kappa shape index (κ3) is 6.13. The molecule has 0 radical (unpaired) electrons. The Morgan fingerprint density at radius 1 is 0.943 bits per heavy atom. The lowest BCUT2D eigenvalue weighted by atomic mass is 10.0. The normalized spacial score (nSPS) is 14.2. The number of nitrogens with one attached hydrogen (secondary N) is 2. The highest BCUT2D eigenvalue weighted by molar-refractivity contribution is 6.07. The van der Waals surface area contributed by atoms with Crippen molar-refractivity contribution in [1.82, 2.24) is 20.2 Å². The molecule has 1 aliphatic rings. The summed E-state index contributed by atoms with van der Waals surface area (Å²) in [4.78, 5) is 36.3. The largest absolute Gasteiger partial charge is 0.497 e. The minimum Gasteiger partial charge on any atom is -0.497 e. The molecule has 0 bridgehead atoms. The Bertz CT molecular complexity index is 1160. The molecule has 4 rings (SSSR count). The number of para-hydroxylation sites is 1. The number of piperidine rings is 1. The van der Waals surface area contributed by atoms with Gasteiger partial charge in [0, 0.05) is 49.2 Å². The van der Waals surface area contributed by atoms with Crippen molar-refractivity contribution in [2.24, 2.45) is 0 Å². The van der Waals surface area contributed by atoms with Gasteiger partial charge in [-0.2, -0.15) is 0 Å². The highest BCUT2D eigenvalue weighted by Gasteiger charge is 2.24. The average molecular weight is 476 g/mol. The predicted octanol–water partition coefficient (Wildman–Crippen LogP) is 3.14. The van der Waals surface area contributed by atoms with Crippen LogP contribution in [0.25, 0.3) is 0 Å². The van der Waals surface area contributed by atoms with Crippen molar-refractivity contribution in [3.05, 3.63) is 77.7 Å². The van der Waals surface area contributed by atoms with Gasteiger partial charge in [0.25, 0.3) is 11.8 Å². The molecule has 2 aromatic carbocycles. The van der Waals surface area contributed by atoms with Crippen LogP contribution in [0.3, 0.4) is 0 Å². The molecule has 0 unspecified atom stereocenters. The summed E-state index contributed by atoms with van der Waals surface area (Å²) in [5, 5.41) is 5.74. The summed E-state index contributed by atoms with van der Waals surface area (Å²) in [5.74, 6) is 0.919. The molecule has 3 aromatic rings. The molecule has 2 heterocycles. The van der Waals surface area contributed by atoms with Crippen molar-refractivity contribution < 1.29 is 19.1 Å². The van der Waals surface area contributed by atoms with Crippen LogP contribution in [0.2, 0.25) is 0 Å². The van der Waals surface area contributed by atoms with Crippen LogP contribution in [-0.2, 0) is 6.54 Å². The van der Waals surface area contributed by atoms with Crippen molar-refractivity contribution in [3.8, 4) is 11.5 Å². The maximum absolute atomic E-state index is 13.0. The maximum atomic E-state index is 13.0. The predicted molar refractivity (Wildman–Crippen MR) is 132 cm³/mol. The topological polar surface area (TPSA) is 106 Å². The molecule has 0 atom stereocenters. The Balaban J connectivity index is 1.33. The fourth-order valence-corrected chi connectivity index (χ4v) is 4.08. The minimum atomic E-state index is -0.383. The summed E-state index contributed by atoms with van der Waals surface area (Å²) in [7, 11) is 3.24. The number of hydrogen-bond acceptors (Lipinski definition) is 7. The van der Waals surface area contributed by atoms with E-state index in [1.165, 1.54) is 12.4 Å². The second kappa shape index (κ2) is 11.4. The number of methoxy groups -OCH3 is 2. The fraction of sp³-hybridized carbons (Fsp3) is 0.308. The van der Waals surface area contributed by atoms with Gasteiger partial charge in [-0.05, 0) is 43.2 Å². The van der Waals surface area contributed by atoms with Crippen LogP contribution in [0.5, 0.6) is 11.5 Å². The number of anilines is 1. The summed E-state index contributed by atoms with van der Waals surface area (Å²) < 4.78 is 10.6. The average Bonchev–Trinajstić information content (AvgIpc) is 2.90. The van der Waals surface area contributed by atoms with E-state index >= 15 is 0 Å². The van der Waals surface area contributed by atoms with Gasteiger partial charge in [-0.3, -0.25) is 14.5 Å². The molecule has 35 heavy (non-hydrogen) atoms. The Labute approximate surface area is 204 Å². The highest BCUT2D eigenvalue weighted by atomic mass is 16.5. The lowest BCUT2D eigenvalue weighted by molar-refractivity contribution is 0.0904. The Morgan fingerprint density at radius 3 is 2.37 bits per heavy atom. The quantitative estimate of drug-likeness (QED) is 0.516. The van der Waals surface area contributed by atoms with E-state index in [4.69, 9.17) is 9.47 Å². The van der Waals surface area contributed by atoms with Crippen LogP contribution in [-0.4, -0.2) is 60.0 Å². The van der Waals surface area contributed by atoms with Gasteiger partial charge in [0.15, 0.2) is 11.5 Å². The fourth-order valence-electron chi connectivity index (χ4n) is 4.08. The molecule has 182 valence electrons. The maximum Gasteiger partial charge on any atom is 0.273 e. The number of carbonyl (C=O) groups is 2. The van der Waals surface area contributed by atoms with Crippen molar-refractivity contribution in [1.29, 1.82) is 0 Å². The summed E-state index contributed by atoms with van der Waals surface area (Å²) in [5.41, 5.74) is 1.66. The number of hydrogen-bond donors (Lipinski definition) is 2. The summed E-state index contributed by atoms with van der Waals surface area (Å²) >= 11 is 0. The minimum absolute atomic E-state index is 0.0172. The molecule has 2 amide bonds. The van der Waals surface area contributed by atoms with E-state index in [2.05, 4.69) is 31.6 Å². The number of rotatable bonds is 8. The van der Waals surface area contributed by atoms with Gasteiger partial charge < -0.3 is 20.1 Å². The van der Waals surface area contributed by atoms with Crippen LogP contribution in [0.4, 0.5) is 5.82 Å². The Morgan fingerprint density at radius 2 is 1.66 bits per heavy atom. The second-order valence-corrected chi connectivity index (χ2v) is 8.27. The highest BCUT2D eigenvalue weighted by Crippen LogP contribution is 2.22. The number of nitrogens with zero attached hydrogens (tertiary/aromatic N) is 3. The molecule has 2 N–H and O–H groups in total. The molecular weight excluding hydrogens is 446 g/mol. The van der Waals surface area contributed by atoms with Crippen molar-refractivity contribution in [2.75, 3.05) is 32.6 Å². The number of amides is 2. The molecule has 9 nitrogen and oxygen atoms in total. The van der Waals surface area contributed by atoms with E-state index in [9.17, 15) is 9.59 Å². The van der Waals surface area contributed by atoms with E-state index in [-0.39, 0.29) is 29.4 Å². The van der Waals surface area contributed by atoms with Gasteiger partial charge in [-0.15, -0.1) is 0 Å². The molecule has 0 aliphatic carbocycles. The first-order chi connectivity index (χ1) is 17.1. The number of aromatic nitrogens is 2. The van der Waals surface area contributed by atoms with Crippen molar-refractivity contribution >= 4 is 17.6 Å². The molecule has 1 fully saturated rings. The molecule has 9 heteroatoms. The lowest BCUT2D eigenvalue weighted by Gasteiger charge is -2.32. The number of ether oxygens (including phenoxy) is 2. The van der Waals surface area contributed by atoms with E-state index in [1.807, 2.05) is 18.2 Å². The van der Waals surface area contributed by atoms with Gasteiger partial charge in [0.1, 0.15) is 11.5 Å². The second-order valence-electron chi connectivity index (χ2n) is 8.27. The van der Waals surface area contributed by atoms with E-state index < -0.39 is 0 Å². The first kappa shape index (κ1) is 24.2. The SMILES string of the molecule is COc1ccc(C(=O)Nc2nccnc2C(=O)NC2CCN(Cc3ccccc3OC)CC2)cc1. The first-order valence-electron chi connectivity index (χ1n) is 11.5. The van der Waals surface area contributed by atoms with Crippen LogP contribution < -0.4 is 20.1 Å². The monoisotopic (exact) mass is 475 g/mol. The summed E-state index contributed by atoms with van der Waals surface area (Å²) in [6.07, 6.45) is 4.51. The summed E-state index contributed by atoms with van der Waals surface area (Å²) in [6, 6.07) is 14.7. The number of likely N-dealkylation sites (tertiary alicyclic amines) is 1. The van der Waals surface area contributed by atoms with Crippen LogP contribution in [0.1, 0.15) is 39.3 Å². The van der Waals surface area contributed by atoms with Gasteiger partial charge in [-0.25, -0.2) is 9.97 Å². The van der Waals surface area contributed by atoms with Crippen LogP contribution in [0.15, 0.2) is 60.9 Å². The van der Waals surface area contributed by atoms with Gasteiger partial charge in [0.2, 0.25) is 0 Å². The Hall–Kier alpha value is -3.98. The van der Waals surface area contributed by atoms with Crippen molar-refractivity contribution in [3.63, 3.8) is 0 Å². The van der Waals surface area contributed by atoms with Gasteiger partial charge in [0.05, 0.1) is 14.2 Å². The Kier molecular flexibility index (Phi) is 7.89. The molecule has 0 spiro atoms. The summed E-state index contributed by atoms with van der Waals surface area (Å²) in [6.45, 7) is 2.51. The van der Waals surface area contributed by atoms with Gasteiger partial charge in [-0.1, -0.05) is 18.2 Å². The van der Waals surface area contributed by atoms with E-state index in [0.717, 1.165) is 43.8 Å². The smallest absolute Gasteiger partial charge is 0.273 e. The third-order valence-electron chi connectivity index (χ3n) is 6.01. The lowest BCUT2D eigenvalue weighted by Crippen LogP contribution is -2.44. The first-order valence-corrected chi connectivity index (χ1v) is 11.5. The van der Waals surface area contributed by atoms with Crippen LogP contribution >= 0.6 is 0 Å².